The third kappa shape index (κ3) is 3.48. The number of rotatable bonds is 5. The molecule has 32 heavy (non-hydrogen) atoms. The number of hydrogen-bond donors (Lipinski definition) is 2. The van der Waals surface area contributed by atoms with Crippen molar-refractivity contribution in [2.75, 3.05) is 5.32 Å². The number of carbonyl (C=O) groups is 3. The minimum atomic E-state index is -0.654. The number of fused-ring (bicyclic) bond motifs is 3. The van der Waals surface area contributed by atoms with E-state index in [1.54, 1.807) is 35.2 Å². The highest BCUT2D eigenvalue weighted by molar-refractivity contribution is 6.30. The van der Waals surface area contributed by atoms with E-state index in [9.17, 15) is 14.4 Å². The van der Waals surface area contributed by atoms with Crippen molar-refractivity contribution in [1.82, 2.24) is 19.7 Å². The van der Waals surface area contributed by atoms with Gasteiger partial charge in [-0.2, -0.15) is 5.10 Å². The summed E-state index contributed by atoms with van der Waals surface area (Å²) in [5.74, 6) is -0.705. The van der Waals surface area contributed by atoms with Crippen molar-refractivity contribution in [1.29, 1.82) is 0 Å². The van der Waals surface area contributed by atoms with Gasteiger partial charge in [0.15, 0.2) is 5.69 Å². The standard InChI is InChI=1S/C22H21ClN6O3/c23-13-7-8-25-17(10-13)26-22(32)20-12-5-6-14(9-12)29(20)18(30)11-28-16-4-2-1-3-15(16)19(27-28)21(24)31/h1-4,7-8,10,12,14,20H,5-6,9,11H2,(H2,24,31)(H,25,26,32)/t12-,14+,20-/m0/s1. The molecule has 3 atom stereocenters. The predicted octanol–water partition coefficient (Wildman–Crippen LogP) is 2.20. The molecule has 5 rings (SSSR count). The van der Waals surface area contributed by atoms with Crippen LogP contribution in [-0.4, -0.2) is 49.5 Å². The van der Waals surface area contributed by atoms with E-state index in [0.29, 0.717) is 21.7 Å². The van der Waals surface area contributed by atoms with Crippen LogP contribution >= 0.6 is 11.6 Å². The van der Waals surface area contributed by atoms with Gasteiger partial charge < -0.3 is 16.0 Å². The van der Waals surface area contributed by atoms with E-state index in [1.165, 1.54) is 10.9 Å². The molecule has 1 aliphatic heterocycles. The van der Waals surface area contributed by atoms with Gasteiger partial charge in [0.1, 0.15) is 18.4 Å². The van der Waals surface area contributed by atoms with E-state index in [4.69, 9.17) is 17.3 Å². The Hall–Kier alpha value is -3.46. The Morgan fingerprint density at radius 2 is 2.00 bits per heavy atom. The number of primary amides is 1. The predicted molar refractivity (Wildman–Crippen MR) is 118 cm³/mol. The number of aromatic nitrogens is 3. The number of carbonyl (C=O) groups excluding carboxylic acids is 3. The van der Waals surface area contributed by atoms with Gasteiger partial charge in [0.05, 0.1) is 5.52 Å². The van der Waals surface area contributed by atoms with Gasteiger partial charge in [-0.15, -0.1) is 0 Å². The highest BCUT2D eigenvalue weighted by Crippen LogP contribution is 2.43. The fourth-order valence-corrected chi connectivity index (χ4v) is 5.16. The quantitative estimate of drug-likeness (QED) is 0.614. The van der Waals surface area contributed by atoms with Crippen LogP contribution in [0.4, 0.5) is 5.82 Å². The van der Waals surface area contributed by atoms with Crippen molar-refractivity contribution in [3.8, 4) is 0 Å². The first-order valence-corrected chi connectivity index (χ1v) is 10.8. The molecule has 0 spiro atoms. The minimum absolute atomic E-state index is 0.00741. The van der Waals surface area contributed by atoms with Gasteiger partial charge >= 0.3 is 0 Å². The number of nitrogens with zero attached hydrogens (tertiary/aromatic N) is 4. The first-order chi connectivity index (χ1) is 15.4. The second kappa shape index (κ2) is 7.90. The fraction of sp³-hybridized carbons (Fsp3) is 0.318. The van der Waals surface area contributed by atoms with Crippen LogP contribution in [0.2, 0.25) is 5.02 Å². The summed E-state index contributed by atoms with van der Waals surface area (Å²) in [6.45, 7) is -0.0871. The third-order valence-corrected chi connectivity index (χ3v) is 6.53. The molecule has 0 radical (unpaired) electrons. The smallest absolute Gasteiger partial charge is 0.269 e. The topological polar surface area (TPSA) is 123 Å². The van der Waals surface area contributed by atoms with E-state index in [2.05, 4.69) is 15.4 Å². The average Bonchev–Trinajstić information content (AvgIpc) is 3.47. The fourth-order valence-electron chi connectivity index (χ4n) is 5.00. The molecule has 2 aliphatic rings. The van der Waals surface area contributed by atoms with Gasteiger partial charge in [0, 0.05) is 22.6 Å². The molecule has 3 aromatic rings. The highest BCUT2D eigenvalue weighted by atomic mass is 35.5. The molecule has 3 N–H and O–H groups in total. The number of hydrogen-bond acceptors (Lipinski definition) is 5. The third-order valence-electron chi connectivity index (χ3n) is 6.29. The summed E-state index contributed by atoms with van der Waals surface area (Å²) in [4.78, 5) is 44.1. The van der Waals surface area contributed by atoms with Crippen molar-refractivity contribution in [2.45, 2.75) is 37.9 Å². The number of halogens is 1. The maximum atomic E-state index is 13.4. The normalized spacial score (nSPS) is 21.8. The lowest BCUT2D eigenvalue weighted by Crippen LogP contribution is -2.52. The van der Waals surface area contributed by atoms with Gasteiger partial charge in [0.25, 0.3) is 5.91 Å². The number of benzene rings is 1. The summed E-state index contributed by atoms with van der Waals surface area (Å²) in [5, 5.41) is 8.13. The van der Waals surface area contributed by atoms with E-state index in [-0.39, 0.29) is 36.0 Å². The lowest BCUT2D eigenvalue weighted by Gasteiger charge is -2.34. The second-order valence-corrected chi connectivity index (χ2v) is 8.65. The molecule has 1 aliphatic carbocycles. The minimum Gasteiger partial charge on any atom is -0.364 e. The molecule has 2 aromatic heterocycles. The molecule has 164 valence electrons. The van der Waals surface area contributed by atoms with Crippen LogP contribution in [0, 0.1) is 5.92 Å². The number of nitrogens with two attached hydrogens (primary N) is 1. The summed E-state index contributed by atoms with van der Waals surface area (Å²) in [6.07, 6.45) is 4.06. The zero-order chi connectivity index (χ0) is 22.4. The van der Waals surface area contributed by atoms with Gasteiger partial charge in [-0.3, -0.25) is 19.1 Å². The number of pyridine rings is 1. The summed E-state index contributed by atoms with van der Waals surface area (Å²) >= 11 is 5.99. The zero-order valence-corrected chi connectivity index (χ0v) is 17.8. The Labute approximate surface area is 188 Å². The number of para-hydroxylation sites is 1. The Morgan fingerprint density at radius 1 is 1.19 bits per heavy atom. The second-order valence-electron chi connectivity index (χ2n) is 8.21. The van der Waals surface area contributed by atoms with Crippen molar-refractivity contribution in [3.63, 3.8) is 0 Å². The maximum absolute atomic E-state index is 13.4. The van der Waals surface area contributed by atoms with Gasteiger partial charge in [-0.05, 0) is 43.4 Å². The molecular weight excluding hydrogens is 432 g/mol. The molecule has 2 bridgehead atoms. The molecule has 1 saturated carbocycles. The molecule has 1 saturated heterocycles. The first kappa shape index (κ1) is 20.4. The van der Waals surface area contributed by atoms with Crippen LogP contribution in [0.15, 0.2) is 42.6 Å². The number of amides is 3. The SMILES string of the molecule is NC(=O)c1nn(CC(=O)N2[C@@H]3CC[C@@H](C3)[C@H]2C(=O)Nc2cc(Cl)ccn2)c2ccccc12. The van der Waals surface area contributed by atoms with Crippen LogP contribution in [0.1, 0.15) is 29.8 Å². The number of piperidine rings is 1. The molecule has 3 heterocycles. The zero-order valence-electron chi connectivity index (χ0n) is 17.1. The molecular formula is C22H21ClN6O3. The highest BCUT2D eigenvalue weighted by Gasteiger charge is 2.51. The lowest BCUT2D eigenvalue weighted by molar-refractivity contribution is -0.141. The van der Waals surface area contributed by atoms with E-state index in [0.717, 1.165) is 19.3 Å². The van der Waals surface area contributed by atoms with E-state index >= 15 is 0 Å². The van der Waals surface area contributed by atoms with Crippen LogP contribution in [0.25, 0.3) is 10.9 Å². The molecule has 10 heteroatoms. The van der Waals surface area contributed by atoms with Crippen molar-refractivity contribution in [2.24, 2.45) is 11.7 Å². The molecule has 3 amide bonds. The lowest BCUT2D eigenvalue weighted by atomic mass is 9.97. The van der Waals surface area contributed by atoms with Crippen molar-refractivity contribution < 1.29 is 14.4 Å². The van der Waals surface area contributed by atoms with Gasteiger partial charge in [0.2, 0.25) is 11.8 Å². The van der Waals surface area contributed by atoms with E-state index < -0.39 is 11.9 Å². The van der Waals surface area contributed by atoms with E-state index in [1.807, 2.05) is 6.07 Å². The molecule has 1 aromatic carbocycles. The first-order valence-electron chi connectivity index (χ1n) is 10.4. The number of nitrogens with one attached hydrogen (secondary N) is 1. The monoisotopic (exact) mass is 452 g/mol. The van der Waals surface area contributed by atoms with Gasteiger partial charge in [-0.25, -0.2) is 4.98 Å². The van der Waals surface area contributed by atoms with Crippen molar-refractivity contribution in [3.05, 3.63) is 53.3 Å². The Balaban J connectivity index is 1.41. The van der Waals surface area contributed by atoms with Crippen LogP contribution in [0.3, 0.4) is 0 Å². The average molecular weight is 453 g/mol. The summed E-state index contributed by atoms with van der Waals surface area (Å²) in [6, 6.07) is 9.74. The molecule has 2 fully saturated rings. The number of anilines is 1. The summed E-state index contributed by atoms with van der Waals surface area (Å²) < 4.78 is 1.48. The summed E-state index contributed by atoms with van der Waals surface area (Å²) in [7, 11) is 0. The number of likely N-dealkylation sites (tertiary alicyclic amines) is 1. The molecule has 0 unspecified atom stereocenters. The Kier molecular flexibility index (Phi) is 5.05. The van der Waals surface area contributed by atoms with Crippen LogP contribution < -0.4 is 11.1 Å². The Bertz CT molecular complexity index is 1240. The van der Waals surface area contributed by atoms with Crippen LogP contribution in [-0.2, 0) is 16.1 Å². The summed E-state index contributed by atoms with van der Waals surface area (Å²) in [5.41, 5.74) is 6.23. The Morgan fingerprint density at radius 3 is 2.78 bits per heavy atom. The molecule has 9 nitrogen and oxygen atoms in total. The van der Waals surface area contributed by atoms with Crippen LogP contribution in [0.5, 0.6) is 0 Å². The van der Waals surface area contributed by atoms with Gasteiger partial charge in [-0.1, -0.05) is 29.8 Å². The maximum Gasteiger partial charge on any atom is 0.269 e. The largest absolute Gasteiger partial charge is 0.364 e. The van der Waals surface area contributed by atoms with Crippen molar-refractivity contribution >= 4 is 46.0 Å².